The van der Waals surface area contributed by atoms with E-state index in [0.717, 1.165) is 6.54 Å². The van der Waals surface area contributed by atoms with Crippen LogP contribution in [0.2, 0.25) is 0 Å². The number of halogens is 1. The third-order valence-electron chi connectivity index (χ3n) is 4.14. The van der Waals surface area contributed by atoms with Crippen molar-refractivity contribution in [2.24, 2.45) is 23.7 Å². The third-order valence-corrected chi connectivity index (χ3v) is 4.14. The van der Waals surface area contributed by atoms with Crippen molar-refractivity contribution in [1.82, 2.24) is 5.32 Å². The molecule has 1 heterocycles. The average molecular weight is 211 g/mol. The minimum absolute atomic E-state index is 0.0159. The molecular formula is C11H14FNO2. The Morgan fingerprint density at radius 3 is 2.93 bits per heavy atom. The fraction of sp³-hybridized carbons (Fsp3) is 0.727. The normalized spacial score (nSPS) is 50.8. The number of nitrogens with one attached hydrogen (secondary N) is 1. The molecule has 1 saturated heterocycles. The molecular weight excluding hydrogens is 197 g/mol. The molecule has 0 amide bonds. The van der Waals surface area contributed by atoms with E-state index in [-0.39, 0.29) is 35.7 Å². The fourth-order valence-electron chi connectivity index (χ4n) is 3.50. The van der Waals surface area contributed by atoms with Crippen LogP contribution in [0.25, 0.3) is 0 Å². The highest BCUT2D eigenvalue weighted by atomic mass is 19.1. The molecule has 82 valence electrons. The van der Waals surface area contributed by atoms with Crippen molar-refractivity contribution in [3.63, 3.8) is 0 Å². The molecule has 0 spiro atoms. The molecule has 1 saturated carbocycles. The minimum atomic E-state index is -0.783. The number of methoxy groups -OCH3 is 1. The smallest absolute Gasteiger partial charge is 0.323 e. The standard InChI is InChI=1S/C11H14FNO2/c1-15-11(14)10-8-6-3-2-5(9(6)12)7(8)4-13-10/h2-3,5-10,13H,4H2,1H3/t5-,6+,7+,8-,9+,10-/m0/s1. The summed E-state index contributed by atoms with van der Waals surface area (Å²) in [5.41, 5.74) is 0. The van der Waals surface area contributed by atoms with Crippen molar-refractivity contribution in [3.05, 3.63) is 12.2 Å². The van der Waals surface area contributed by atoms with Crippen molar-refractivity contribution in [2.45, 2.75) is 12.2 Å². The summed E-state index contributed by atoms with van der Waals surface area (Å²) in [6.07, 6.45) is 3.12. The third kappa shape index (κ3) is 1.06. The summed E-state index contributed by atoms with van der Waals surface area (Å²) in [5.74, 6) is 0.0541. The second kappa shape index (κ2) is 3.04. The van der Waals surface area contributed by atoms with Gasteiger partial charge in [0, 0.05) is 11.8 Å². The number of hydrogen-bond acceptors (Lipinski definition) is 3. The summed E-state index contributed by atoms with van der Waals surface area (Å²) in [6, 6.07) is -0.307. The first-order valence-corrected chi connectivity index (χ1v) is 5.37. The van der Waals surface area contributed by atoms with Gasteiger partial charge in [0.2, 0.25) is 0 Å². The average Bonchev–Trinajstić information content (AvgIpc) is 2.88. The van der Waals surface area contributed by atoms with E-state index in [4.69, 9.17) is 4.74 Å². The zero-order valence-electron chi connectivity index (χ0n) is 8.52. The van der Waals surface area contributed by atoms with Crippen molar-refractivity contribution >= 4 is 5.97 Å². The Balaban J connectivity index is 1.88. The van der Waals surface area contributed by atoms with Crippen LogP contribution in [0, 0.1) is 23.7 Å². The van der Waals surface area contributed by atoms with Gasteiger partial charge in [0.05, 0.1) is 7.11 Å². The van der Waals surface area contributed by atoms with Gasteiger partial charge in [0.25, 0.3) is 0 Å². The summed E-state index contributed by atoms with van der Waals surface area (Å²) in [4.78, 5) is 11.5. The summed E-state index contributed by atoms with van der Waals surface area (Å²) in [5, 5.41) is 3.15. The first-order valence-electron chi connectivity index (χ1n) is 5.37. The van der Waals surface area contributed by atoms with E-state index in [0.29, 0.717) is 0 Å². The zero-order valence-corrected chi connectivity index (χ0v) is 8.52. The first kappa shape index (κ1) is 9.33. The van der Waals surface area contributed by atoms with Gasteiger partial charge in [-0.2, -0.15) is 0 Å². The van der Waals surface area contributed by atoms with Crippen LogP contribution in [0.3, 0.4) is 0 Å². The highest BCUT2D eigenvalue weighted by molar-refractivity contribution is 5.77. The Bertz CT molecular complexity index is 331. The molecule has 0 aromatic carbocycles. The predicted octanol–water partition coefficient (Wildman–Crippen LogP) is 0.517. The lowest BCUT2D eigenvalue weighted by Crippen LogP contribution is -2.39. The Hall–Kier alpha value is -0.900. The molecule has 2 fully saturated rings. The van der Waals surface area contributed by atoms with Crippen LogP contribution >= 0.6 is 0 Å². The maximum Gasteiger partial charge on any atom is 0.323 e. The van der Waals surface area contributed by atoms with Gasteiger partial charge < -0.3 is 10.1 Å². The molecule has 4 heteroatoms. The van der Waals surface area contributed by atoms with Gasteiger partial charge in [0.1, 0.15) is 12.2 Å². The van der Waals surface area contributed by atoms with Crippen LogP contribution in [0.15, 0.2) is 12.2 Å². The summed E-state index contributed by atoms with van der Waals surface area (Å²) < 4.78 is 18.5. The number of alkyl halides is 1. The summed E-state index contributed by atoms with van der Waals surface area (Å²) >= 11 is 0. The van der Waals surface area contributed by atoms with Gasteiger partial charge in [-0.15, -0.1) is 0 Å². The van der Waals surface area contributed by atoms with Crippen LogP contribution in [0.5, 0.6) is 0 Å². The summed E-state index contributed by atoms with van der Waals surface area (Å²) in [6.45, 7) is 0.732. The van der Waals surface area contributed by atoms with E-state index in [9.17, 15) is 9.18 Å². The lowest BCUT2D eigenvalue weighted by molar-refractivity contribution is -0.144. The molecule has 2 aliphatic carbocycles. The van der Waals surface area contributed by atoms with Crippen molar-refractivity contribution in [2.75, 3.05) is 13.7 Å². The molecule has 6 atom stereocenters. The van der Waals surface area contributed by atoms with Gasteiger partial charge in [-0.1, -0.05) is 12.2 Å². The van der Waals surface area contributed by atoms with Crippen molar-refractivity contribution < 1.29 is 13.9 Å². The molecule has 1 aliphatic heterocycles. The molecule has 0 aromatic rings. The molecule has 15 heavy (non-hydrogen) atoms. The second-order valence-corrected chi connectivity index (χ2v) is 4.63. The van der Waals surface area contributed by atoms with Crippen molar-refractivity contribution in [3.8, 4) is 0 Å². The van der Waals surface area contributed by atoms with Gasteiger partial charge >= 0.3 is 5.97 Å². The number of carbonyl (C=O) groups excluding carboxylic acids is 1. The van der Waals surface area contributed by atoms with Gasteiger partial charge in [-0.25, -0.2) is 4.39 Å². The number of allylic oxidation sites excluding steroid dienone is 2. The largest absolute Gasteiger partial charge is 0.468 e. The quantitative estimate of drug-likeness (QED) is 0.507. The number of fused-ring (bicyclic) bond motifs is 5. The van der Waals surface area contributed by atoms with Gasteiger partial charge in [-0.3, -0.25) is 4.79 Å². The number of carbonyl (C=O) groups is 1. The molecule has 0 aromatic heterocycles. The van der Waals surface area contributed by atoms with E-state index in [2.05, 4.69) is 5.32 Å². The molecule has 2 bridgehead atoms. The van der Waals surface area contributed by atoms with E-state index in [1.165, 1.54) is 7.11 Å². The van der Waals surface area contributed by atoms with Gasteiger partial charge in [-0.05, 0) is 18.4 Å². The highest BCUT2D eigenvalue weighted by Crippen LogP contribution is 2.53. The lowest BCUT2D eigenvalue weighted by Gasteiger charge is -2.22. The van der Waals surface area contributed by atoms with Crippen LogP contribution in [0.1, 0.15) is 0 Å². The Morgan fingerprint density at radius 1 is 1.47 bits per heavy atom. The molecule has 3 aliphatic rings. The monoisotopic (exact) mass is 211 g/mol. The first-order chi connectivity index (χ1) is 7.24. The Labute approximate surface area is 87.7 Å². The van der Waals surface area contributed by atoms with E-state index in [1.54, 1.807) is 0 Å². The topological polar surface area (TPSA) is 38.3 Å². The lowest BCUT2D eigenvalue weighted by atomic mass is 9.82. The molecule has 3 rings (SSSR count). The molecule has 0 radical (unpaired) electrons. The van der Waals surface area contributed by atoms with E-state index < -0.39 is 6.17 Å². The highest BCUT2D eigenvalue weighted by Gasteiger charge is 2.59. The van der Waals surface area contributed by atoms with Crippen LogP contribution in [-0.4, -0.2) is 31.8 Å². The SMILES string of the molecule is COC(=O)[C@H]1NC[C@@H]2[C@@H]3C=C[C@@H]([C@@H]3F)[C@@H]21. The van der Waals surface area contributed by atoms with E-state index in [1.807, 2.05) is 12.2 Å². The zero-order chi connectivity index (χ0) is 10.6. The maximum atomic E-state index is 13.8. The van der Waals surface area contributed by atoms with Crippen LogP contribution in [-0.2, 0) is 9.53 Å². The molecule has 3 nitrogen and oxygen atoms in total. The predicted molar refractivity (Wildman–Crippen MR) is 51.8 cm³/mol. The minimum Gasteiger partial charge on any atom is -0.468 e. The van der Waals surface area contributed by atoms with E-state index >= 15 is 0 Å². The Morgan fingerprint density at radius 2 is 2.20 bits per heavy atom. The second-order valence-electron chi connectivity index (χ2n) is 4.63. The number of ether oxygens (including phenoxy) is 1. The Kier molecular flexibility index (Phi) is 1.89. The summed E-state index contributed by atoms with van der Waals surface area (Å²) in [7, 11) is 1.38. The number of hydrogen-bond donors (Lipinski definition) is 1. The van der Waals surface area contributed by atoms with Crippen LogP contribution < -0.4 is 5.32 Å². The molecule has 0 unspecified atom stereocenters. The molecule has 1 N–H and O–H groups in total. The number of esters is 1. The van der Waals surface area contributed by atoms with Crippen LogP contribution in [0.4, 0.5) is 4.39 Å². The number of rotatable bonds is 1. The van der Waals surface area contributed by atoms with Gasteiger partial charge in [0.15, 0.2) is 0 Å². The maximum absolute atomic E-state index is 13.8. The fourth-order valence-corrected chi connectivity index (χ4v) is 3.50. The van der Waals surface area contributed by atoms with Crippen molar-refractivity contribution in [1.29, 1.82) is 0 Å².